The van der Waals surface area contributed by atoms with Crippen LogP contribution in [0.25, 0.3) is 0 Å². The molecule has 1 aliphatic heterocycles. The van der Waals surface area contributed by atoms with Crippen molar-refractivity contribution in [2.75, 3.05) is 6.54 Å². The second kappa shape index (κ2) is 13.0. The Labute approximate surface area is 231 Å². The number of amides is 2. The molecule has 2 fully saturated rings. The van der Waals surface area contributed by atoms with E-state index in [1.807, 2.05) is 0 Å². The Morgan fingerprint density at radius 1 is 1.18 bits per heavy atom. The van der Waals surface area contributed by atoms with Crippen molar-refractivity contribution in [3.8, 4) is 11.5 Å². The first-order valence-corrected chi connectivity index (χ1v) is 14.3. The molecule has 1 aromatic carbocycles. The molecular formula is C30H46N2O7. The molecule has 1 saturated heterocycles. The number of nitrogens with one attached hydrogen (secondary N) is 1. The zero-order chi connectivity index (χ0) is 28.9. The predicted molar refractivity (Wildman–Crippen MR) is 147 cm³/mol. The molecule has 9 heteroatoms. The van der Waals surface area contributed by atoms with Crippen LogP contribution in [0.3, 0.4) is 0 Å². The van der Waals surface area contributed by atoms with Crippen LogP contribution < -0.4 is 5.32 Å². The molecule has 39 heavy (non-hydrogen) atoms. The normalized spacial score (nSPS) is 24.0. The molecule has 1 saturated carbocycles. The zero-order valence-corrected chi connectivity index (χ0v) is 24.0. The van der Waals surface area contributed by atoms with E-state index in [1.165, 1.54) is 23.1 Å². The second-order valence-corrected chi connectivity index (χ2v) is 12.3. The highest BCUT2D eigenvalue weighted by molar-refractivity contribution is 5.92. The number of phenolic OH excluding ortho intramolecular Hbond substituents is 2. The number of phenols is 2. The number of likely N-dealkylation sites (tertiary alicyclic amines) is 1. The summed E-state index contributed by atoms with van der Waals surface area (Å²) in [5.41, 5.74) is 0.563. The molecule has 0 spiro atoms. The van der Waals surface area contributed by atoms with Gasteiger partial charge in [0.15, 0.2) is 11.5 Å². The predicted octanol–water partition coefficient (Wildman–Crippen LogP) is 3.67. The lowest BCUT2D eigenvalue weighted by molar-refractivity contribution is -0.159. The summed E-state index contributed by atoms with van der Waals surface area (Å²) in [7, 11) is 0. The summed E-state index contributed by atoms with van der Waals surface area (Å²) in [5.74, 6) is -1.87. The van der Waals surface area contributed by atoms with E-state index in [1.54, 1.807) is 13.8 Å². The van der Waals surface area contributed by atoms with Gasteiger partial charge in [-0.15, -0.1) is 0 Å². The van der Waals surface area contributed by atoms with Crippen LogP contribution in [0.1, 0.15) is 85.1 Å². The minimum absolute atomic E-state index is 0.103. The van der Waals surface area contributed by atoms with Crippen LogP contribution in [0, 0.1) is 17.3 Å². The number of carbonyl (C=O) groups is 3. The Bertz CT molecular complexity index is 1020. The van der Waals surface area contributed by atoms with Crippen LogP contribution in [-0.4, -0.2) is 68.8 Å². The van der Waals surface area contributed by atoms with Crippen LogP contribution in [0.15, 0.2) is 18.2 Å². The number of benzene rings is 1. The number of aliphatic hydroxyl groups excluding tert-OH is 1. The van der Waals surface area contributed by atoms with Gasteiger partial charge in [-0.3, -0.25) is 9.59 Å². The smallest absolute Gasteiger partial charge is 0.329 e. The fraction of sp³-hybridized carbons (Fsp3) is 0.700. The van der Waals surface area contributed by atoms with Crippen molar-refractivity contribution in [2.24, 2.45) is 17.3 Å². The molecule has 1 heterocycles. The Hall–Kier alpha value is -2.81. The molecule has 1 aromatic rings. The topological polar surface area (TPSA) is 136 Å². The number of hydrogen-bond donors (Lipinski definition) is 4. The third-order valence-electron chi connectivity index (χ3n) is 8.41. The number of hydrogen-bond acceptors (Lipinski definition) is 7. The molecule has 2 aliphatic rings. The molecule has 5 atom stereocenters. The second-order valence-electron chi connectivity index (χ2n) is 12.3. The lowest BCUT2D eigenvalue weighted by Gasteiger charge is -2.31. The summed E-state index contributed by atoms with van der Waals surface area (Å²) in [4.78, 5) is 41.1. The first kappa shape index (κ1) is 30.7. The average molecular weight is 547 g/mol. The van der Waals surface area contributed by atoms with Gasteiger partial charge in [-0.2, -0.15) is 0 Å². The molecule has 0 aromatic heterocycles. The largest absolute Gasteiger partial charge is 0.504 e. The monoisotopic (exact) mass is 546 g/mol. The molecule has 5 unspecified atom stereocenters. The van der Waals surface area contributed by atoms with Gasteiger partial charge in [-0.1, -0.05) is 53.5 Å². The highest BCUT2D eigenvalue weighted by atomic mass is 16.5. The maximum atomic E-state index is 13.6. The lowest BCUT2D eigenvalue weighted by Crippen LogP contribution is -2.55. The molecule has 9 nitrogen and oxygen atoms in total. The number of aromatic hydroxyl groups is 2. The van der Waals surface area contributed by atoms with E-state index < -0.39 is 24.1 Å². The number of carbonyl (C=O) groups excluding carboxylic acids is 3. The third kappa shape index (κ3) is 7.65. The Kier molecular flexibility index (Phi) is 10.3. The molecular weight excluding hydrogens is 500 g/mol. The fourth-order valence-electron chi connectivity index (χ4n) is 5.99. The first-order valence-electron chi connectivity index (χ1n) is 14.3. The summed E-state index contributed by atoms with van der Waals surface area (Å²) in [6.07, 6.45) is 4.56. The van der Waals surface area contributed by atoms with Gasteiger partial charge < -0.3 is 30.3 Å². The highest BCUT2D eigenvalue weighted by Gasteiger charge is 2.44. The molecule has 2 amide bonds. The molecule has 4 N–H and O–H groups in total. The van der Waals surface area contributed by atoms with Gasteiger partial charge in [0, 0.05) is 13.0 Å². The standard InChI is InChI=1S/C30H46N2O7/c1-6-7-9-20-16-21(17-30(20,4)5)39-29(38)22-10-8-13-32(22)28(37)26(18(2)3)31-27(36)25(35)15-19-11-12-23(33)24(34)14-19/h11-12,14,18,20-22,25-26,33-35H,6-10,13,15-17H2,1-5H3,(H,31,36). The van der Waals surface area contributed by atoms with Crippen molar-refractivity contribution >= 4 is 17.8 Å². The van der Waals surface area contributed by atoms with Crippen LogP contribution in [0.5, 0.6) is 11.5 Å². The first-order chi connectivity index (χ1) is 18.3. The molecule has 0 radical (unpaired) electrons. The number of esters is 1. The van der Waals surface area contributed by atoms with E-state index in [9.17, 15) is 29.7 Å². The molecule has 0 bridgehead atoms. The lowest BCUT2D eigenvalue weighted by atomic mass is 9.79. The molecule has 1 aliphatic carbocycles. The third-order valence-corrected chi connectivity index (χ3v) is 8.41. The Morgan fingerprint density at radius 2 is 1.90 bits per heavy atom. The molecule has 218 valence electrons. The van der Waals surface area contributed by atoms with Crippen LogP contribution in [-0.2, 0) is 25.5 Å². The Morgan fingerprint density at radius 3 is 2.54 bits per heavy atom. The van der Waals surface area contributed by atoms with Crippen LogP contribution in [0.2, 0.25) is 0 Å². The Balaban J connectivity index is 1.62. The summed E-state index contributed by atoms with van der Waals surface area (Å²) in [5, 5.41) is 32.3. The van der Waals surface area contributed by atoms with Gasteiger partial charge in [-0.05, 0) is 67.1 Å². The number of ether oxygens (including phenoxy) is 1. The maximum Gasteiger partial charge on any atom is 0.329 e. The van der Waals surface area contributed by atoms with Crippen molar-refractivity contribution in [3.63, 3.8) is 0 Å². The van der Waals surface area contributed by atoms with Gasteiger partial charge in [0.25, 0.3) is 0 Å². The van der Waals surface area contributed by atoms with E-state index in [0.717, 1.165) is 32.1 Å². The van der Waals surface area contributed by atoms with Gasteiger partial charge in [-0.25, -0.2) is 4.79 Å². The highest BCUT2D eigenvalue weighted by Crippen LogP contribution is 2.46. The van der Waals surface area contributed by atoms with E-state index in [2.05, 4.69) is 26.1 Å². The van der Waals surface area contributed by atoms with Crippen molar-refractivity contribution in [3.05, 3.63) is 23.8 Å². The maximum absolute atomic E-state index is 13.6. The van der Waals surface area contributed by atoms with Gasteiger partial charge in [0.2, 0.25) is 11.8 Å². The van der Waals surface area contributed by atoms with E-state index >= 15 is 0 Å². The van der Waals surface area contributed by atoms with E-state index in [4.69, 9.17) is 4.74 Å². The van der Waals surface area contributed by atoms with E-state index in [-0.39, 0.29) is 47.2 Å². The summed E-state index contributed by atoms with van der Waals surface area (Å²) < 4.78 is 5.97. The minimum atomic E-state index is -1.46. The summed E-state index contributed by atoms with van der Waals surface area (Å²) in [6.45, 7) is 10.7. The summed E-state index contributed by atoms with van der Waals surface area (Å²) in [6, 6.07) is 2.44. The van der Waals surface area contributed by atoms with Gasteiger partial charge >= 0.3 is 5.97 Å². The van der Waals surface area contributed by atoms with Gasteiger partial charge in [0.05, 0.1) is 0 Å². The quantitative estimate of drug-likeness (QED) is 0.246. The summed E-state index contributed by atoms with van der Waals surface area (Å²) >= 11 is 0. The van der Waals surface area contributed by atoms with Crippen LogP contribution in [0.4, 0.5) is 0 Å². The number of aliphatic hydroxyl groups is 1. The zero-order valence-electron chi connectivity index (χ0n) is 24.0. The number of unbranched alkanes of at least 4 members (excludes halogenated alkanes) is 1. The number of rotatable bonds is 11. The van der Waals surface area contributed by atoms with E-state index in [0.29, 0.717) is 30.9 Å². The molecule has 3 rings (SSSR count). The van der Waals surface area contributed by atoms with Crippen LogP contribution >= 0.6 is 0 Å². The SMILES string of the molecule is CCCCC1CC(OC(=O)C2CCCN2C(=O)C(NC(=O)C(O)Cc2ccc(O)c(O)c2)C(C)C)CC1(C)C. The van der Waals surface area contributed by atoms with Crippen molar-refractivity contribution in [1.29, 1.82) is 0 Å². The minimum Gasteiger partial charge on any atom is -0.504 e. The average Bonchev–Trinajstić information content (AvgIpc) is 3.46. The van der Waals surface area contributed by atoms with Crippen molar-refractivity contribution < 1.29 is 34.4 Å². The van der Waals surface area contributed by atoms with Gasteiger partial charge in [0.1, 0.15) is 24.3 Å². The fourth-order valence-corrected chi connectivity index (χ4v) is 5.99. The van der Waals surface area contributed by atoms with Crippen molar-refractivity contribution in [1.82, 2.24) is 10.2 Å². The number of nitrogens with zero attached hydrogens (tertiary/aromatic N) is 1. The van der Waals surface area contributed by atoms with Crippen molar-refractivity contribution in [2.45, 2.75) is 110 Å².